The standard InChI is InChI=1S/C15H11BrN2O/c1-10-9-17-14-8-12(5-6-18(14)15(10)19)11-3-2-4-13(16)7-11/h2-9H,1H3. The van der Waals surface area contributed by atoms with Gasteiger partial charge in [0.25, 0.3) is 5.56 Å². The molecule has 94 valence electrons. The highest BCUT2D eigenvalue weighted by Gasteiger charge is 2.04. The molecule has 4 heteroatoms. The first-order valence-corrected chi connectivity index (χ1v) is 6.68. The van der Waals surface area contributed by atoms with Crippen molar-refractivity contribution in [1.29, 1.82) is 0 Å². The van der Waals surface area contributed by atoms with Crippen LogP contribution in [0.5, 0.6) is 0 Å². The minimum absolute atomic E-state index is 0.0224. The lowest BCUT2D eigenvalue weighted by Gasteiger charge is -2.05. The van der Waals surface area contributed by atoms with E-state index < -0.39 is 0 Å². The Bertz CT molecular complexity index is 824. The van der Waals surface area contributed by atoms with E-state index in [1.165, 1.54) is 0 Å². The summed E-state index contributed by atoms with van der Waals surface area (Å²) >= 11 is 3.46. The molecule has 0 N–H and O–H groups in total. The zero-order valence-electron chi connectivity index (χ0n) is 10.3. The van der Waals surface area contributed by atoms with Crippen LogP contribution in [0.1, 0.15) is 5.56 Å². The lowest BCUT2D eigenvalue weighted by Crippen LogP contribution is -2.16. The highest BCUT2D eigenvalue weighted by atomic mass is 79.9. The first-order chi connectivity index (χ1) is 9.15. The number of hydrogen-bond donors (Lipinski definition) is 0. The highest BCUT2D eigenvalue weighted by molar-refractivity contribution is 9.10. The van der Waals surface area contributed by atoms with E-state index in [9.17, 15) is 4.79 Å². The Labute approximate surface area is 118 Å². The molecular formula is C15H11BrN2O. The number of aromatic nitrogens is 2. The maximum atomic E-state index is 11.9. The van der Waals surface area contributed by atoms with Crippen LogP contribution in [0.4, 0.5) is 0 Å². The summed E-state index contributed by atoms with van der Waals surface area (Å²) in [4.78, 5) is 16.2. The smallest absolute Gasteiger partial charge is 0.260 e. The van der Waals surface area contributed by atoms with Crippen LogP contribution in [-0.4, -0.2) is 9.38 Å². The quantitative estimate of drug-likeness (QED) is 0.689. The van der Waals surface area contributed by atoms with Gasteiger partial charge in [0.05, 0.1) is 0 Å². The molecule has 0 aliphatic rings. The molecule has 0 fully saturated rings. The predicted octanol–water partition coefficient (Wildman–Crippen LogP) is 3.43. The van der Waals surface area contributed by atoms with Crippen LogP contribution in [0.2, 0.25) is 0 Å². The summed E-state index contributed by atoms with van der Waals surface area (Å²) in [5.41, 5.74) is 3.41. The van der Waals surface area contributed by atoms with Crippen LogP contribution in [0.25, 0.3) is 16.8 Å². The van der Waals surface area contributed by atoms with Crippen molar-refractivity contribution in [2.24, 2.45) is 0 Å². The lowest BCUT2D eigenvalue weighted by atomic mass is 10.1. The van der Waals surface area contributed by atoms with E-state index in [1.807, 2.05) is 36.4 Å². The molecule has 3 rings (SSSR count). The number of pyridine rings is 1. The van der Waals surface area contributed by atoms with E-state index in [-0.39, 0.29) is 5.56 Å². The van der Waals surface area contributed by atoms with E-state index in [1.54, 1.807) is 23.7 Å². The van der Waals surface area contributed by atoms with Gasteiger partial charge in [0.1, 0.15) is 5.65 Å². The molecule has 0 aliphatic carbocycles. The molecule has 0 unspecified atom stereocenters. The molecule has 3 nitrogen and oxygen atoms in total. The van der Waals surface area contributed by atoms with Crippen molar-refractivity contribution >= 4 is 21.6 Å². The predicted molar refractivity (Wildman–Crippen MR) is 79.3 cm³/mol. The number of benzene rings is 1. The third-order valence-corrected chi connectivity index (χ3v) is 3.53. The van der Waals surface area contributed by atoms with Gasteiger partial charge < -0.3 is 0 Å². The van der Waals surface area contributed by atoms with E-state index in [0.717, 1.165) is 15.6 Å². The van der Waals surface area contributed by atoms with Crippen LogP contribution >= 0.6 is 15.9 Å². The fraction of sp³-hybridized carbons (Fsp3) is 0.0667. The Balaban J connectivity index is 2.23. The summed E-state index contributed by atoms with van der Waals surface area (Å²) in [5, 5.41) is 0. The van der Waals surface area contributed by atoms with Crippen LogP contribution in [0.3, 0.4) is 0 Å². The monoisotopic (exact) mass is 314 g/mol. The molecule has 1 aromatic carbocycles. The minimum atomic E-state index is -0.0224. The van der Waals surface area contributed by atoms with Crippen molar-refractivity contribution in [3.8, 4) is 11.1 Å². The maximum Gasteiger partial charge on any atom is 0.260 e. The summed E-state index contributed by atoms with van der Waals surface area (Å²) in [6, 6.07) is 11.9. The van der Waals surface area contributed by atoms with E-state index in [4.69, 9.17) is 0 Å². The molecule has 0 saturated carbocycles. The molecule has 0 radical (unpaired) electrons. The second-order valence-electron chi connectivity index (χ2n) is 4.40. The van der Waals surface area contributed by atoms with Gasteiger partial charge in [-0.05, 0) is 42.3 Å². The number of aryl methyl sites for hydroxylation is 1. The summed E-state index contributed by atoms with van der Waals surface area (Å²) in [5.74, 6) is 0. The number of rotatable bonds is 1. The van der Waals surface area contributed by atoms with Crippen LogP contribution in [0, 0.1) is 6.92 Å². The first-order valence-electron chi connectivity index (χ1n) is 5.89. The number of hydrogen-bond acceptors (Lipinski definition) is 2. The Kier molecular flexibility index (Phi) is 2.95. The summed E-state index contributed by atoms with van der Waals surface area (Å²) in [6.45, 7) is 1.77. The molecule has 2 aromatic heterocycles. The van der Waals surface area contributed by atoms with Crippen molar-refractivity contribution in [3.05, 3.63) is 69.2 Å². The highest BCUT2D eigenvalue weighted by Crippen LogP contribution is 2.23. The Hall–Kier alpha value is -1.94. The molecule has 19 heavy (non-hydrogen) atoms. The molecule has 3 aromatic rings. The van der Waals surface area contributed by atoms with E-state index in [0.29, 0.717) is 11.2 Å². The van der Waals surface area contributed by atoms with Gasteiger partial charge in [0.15, 0.2) is 0 Å². The molecule has 0 bridgehead atoms. The van der Waals surface area contributed by atoms with Gasteiger partial charge in [-0.1, -0.05) is 28.1 Å². The summed E-state index contributed by atoms with van der Waals surface area (Å²) in [7, 11) is 0. The second-order valence-corrected chi connectivity index (χ2v) is 5.32. The van der Waals surface area contributed by atoms with Gasteiger partial charge in [0.2, 0.25) is 0 Å². The molecular weight excluding hydrogens is 304 g/mol. The molecule has 2 heterocycles. The van der Waals surface area contributed by atoms with Crippen molar-refractivity contribution in [2.45, 2.75) is 6.92 Å². The van der Waals surface area contributed by atoms with Crippen molar-refractivity contribution in [2.75, 3.05) is 0 Å². The van der Waals surface area contributed by atoms with Gasteiger partial charge in [-0.2, -0.15) is 0 Å². The molecule has 0 amide bonds. The van der Waals surface area contributed by atoms with E-state index >= 15 is 0 Å². The van der Waals surface area contributed by atoms with Gasteiger partial charge in [-0.25, -0.2) is 4.98 Å². The van der Waals surface area contributed by atoms with Gasteiger partial charge in [-0.15, -0.1) is 0 Å². The zero-order chi connectivity index (χ0) is 13.4. The van der Waals surface area contributed by atoms with Crippen molar-refractivity contribution < 1.29 is 0 Å². The molecule has 0 spiro atoms. The fourth-order valence-electron chi connectivity index (χ4n) is 2.01. The third-order valence-electron chi connectivity index (χ3n) is 3.04. The molecule has 0 saturated heterocycles. The van der Waals surface area contributed by atoms with Crippen LogP contribution < -0.4 is 5.56 Å². The van der Waals surface area contributed by atoms with Crippen molar-refractivity contribution in [1.82, 2.24) is 9.38 Å². The summed E-state index contributed by atoms with van der Waals surface area (Å²) < 4.78 is 2.59. The zero-order valence-corrected chi connectivity index (χ0v) is 11.9. The van der Waals surface area contributed by atoms with Crippen LogP contribution in [-0.2, 0) is 0 Å². The lowest BCUT2D eigenvalue weighted by molar-refractivity contribution is 1.02. The third kappa shape index (κ3) is 2.19. The fourth-order valence-corrected chi connectivity index (χ4v) is 2.41. The Morgan fingerprint density at radius 2 is 1.95 bits per heavy atom. The minimum Gasteiger partial charge on any atom is -0.269 e. The normalized spacial score (nSPS) is 10.8. The van der Waals surface area contributed by atoms with Crippen LogP contribution in [0.15, 0.2) is 58.1 Å². The van der Waals surface area contributed by atoms with E-state index in [2.05, 4.69) is 20.9 Å². The largest absolute Gasteiger partial charge is 0.269 e. The Morgan fingerprint density at radius 1 is 1.16 bits per heavy atom. The number of fused-ring (bicyclic) bond motifs is 1. The van der Waals surface area contributed by atoms with Gasteiger partial charge in [-0.3, -0.25) is 9.20 Å². The average molecular weight is 315 g/mol. The average Bonchev–Trinajstić information content (AvgIpc) is 2.43. The molecule has 0 atom stereocenters. The Morgan fingerprint density at radius 3 is 2.74 bits per heavy atom. The SMILES string of the molecule is Cc1cnc2cc(-c3cccc(Br)c3)ccn2c1=O. The van der Waals surface area contributed by atoms with Crippen molar-refractivity contribution in [3.63, 3.8) is 0 Å². The second kappa shape index (κ2) is 4.63. The maximum absolute atomic E-state index is 11.9. The number of halogens is 1. The first kappa shape index (κ1) is 12.1. The summed E-state index contributed by atoms with van der Waals surface area (Å²) in [6.07, 6.45) is 3.39. The van der Waals surface area contributed by atoms with Gasteiger partial charge in [0, 0.05) is 22.4 Å². The number of nitrogens with zero attached hydrogens (tertiary/aromatic N) is 2. The molecule has 0 aliphatic heterocycles. The topological polar surface area (TPSA) is 34.4 Å². The van der Waals surface area contributed by atoms with Gasteiger partial charge >= 0.3 is 0 Å².